The van der Waals surface area contributed by atoms with E-state index in [0.29, 0.717) is 26.2 Å². The summed E-state index contributed by atoms with van der Waals surface area (Å²) >= 11 is 0. The Hall–Kier alpha value is -3.64. The topological polar surface area (TPSA) is 160 Å². The number of unbranched alkanes of at least 4 members (excludes halogenated alkanes) is 1. The molecule has 4 N–H and O–H groups in total. The van der Waals surface area contributed by atoms with Crippen molar-refractivity contribution in [1.29, 1.82) is 0 Å². The number of nitrogens with one attached hydrogen (secondary N) is 4. The fourth-order valence-electron chi connectivity index (χ4n) is 6.43. The van der Waals surface area contributed by atoms with Gasteiger partial charge in [-0.15, -0.1) is 6.58 Å². The molecular weight excluding hydrogens is 626 g/mol. The molecule has 2 aliphatic heterocycles. The number of fused-ring (bicyclic) bond motifs is 1. The summed E-state index contributed by atoms with van der Waals surface area (Å²) in [4.78, 5) is 83.0. The van der Waals surface area contributed by atoms with Gasteiger partial charge in [-0.25, -0.2) is 9.59 Å². The van der Waals surface area contributed by atoms with Crippen LogP contribution in [0.2, 0.25) is 0 Å². The van der Waals surface area contributed by atoms with Crippen LogP contribution in [-0.4, -0.2) is 115 Å². The van der Waals surface area contributed by atoms with Crippen molar-refractivity contribution in [2.45, 2.75) is 107 Å². The van der Waals surface area contributed by atoms with E-state index in [9.17, 15) is 28.8 Å². The third-order valence-electron chi connectivity index (χ3n) is 10.0. The van der Waals surface area contributed by atoms with E-state index < -0.39 is 59.6 Å². The first kappa shape index (κ1) is 41.5. The van der Waals surface area contributed by atoms with Gasteiger partial charge in [0.2, 0.25) is 17.6 Å². The summed E-state index contributed by atoms with van der Waals surface area (Å²) in [6.07, 6.45) is 4.92. The van der Waals surface area contributed by atoms with Crippen LogP contribution in [0.3, 0.4) is 0 Å². The highest BCUT2D eigenvalue weighted by molar-refractivity contribution is 6.37. The Labute approximate surface area is 293 Å². The molecule has 5 atom stereocenters. The zero-order valence-electron chi connectivity index (χ0n) is 31.8. The highest BCUT2D eigenvalue weighted by Crippen LogP contribution is 2.65. The minimum Gasteiger partial charge on any atom is -0.347 e. The normalized spacial score (nSPS) is 22.5. The molecule has 0 bridgehead atoms. The maximum atomic E-state index is 14.2. The summed E-state index contributed by atoms with van der Waals surface area (Å²) < 4.78 is 0. The van der Waals surface area contributed by atoms with Gasteiger partial charge in [0.05, 0.1) is 12.6 Å². The predicted molar refractivity (Wildman–Crippen MR) is 190 cm³/mol. The van der Waals surface area contributed by atoms with Crippen LogP contribution in [0, 0.1) is 28.1 Å². The molecule has 49 heavy (non-hydrogen) atoms. The van der Waals surface area contributed by atoms with Crippen LogP contribution in [0.15, 0.2) is 12.7 Å². The molecule has 0 radical (unpaired) electrons. The van der Waals surface area contributed by atoms with Gasteiger partial charge < -0.3 is 36.0 Å². The van der Waals surface area contributed by atoms with Gasteiger partial charge >= 0.3 is 12.1 Å². The molecule has 3 fully saturated rings. The summed E-state index contributed by atoms with van der Waals surface area (Å²) in [6.45, 7) is 25.0. The molecule has 0 spiro atoms. The van der Waals surface area contributed by atoms with Crippen molar-refractivity contribution in [3.63, 3.8) is 0 Å². The highest BCUT2D eigenvalue weighted by atomic mass is 16.2. The maximum absolute atomic E-state index is 14.2. The smallest absolute Gasteiger partial charge is 0.319 e. The van der Waals surface area contributed by atoms with Crippen molar-refractivity contribution in [2.75, 3.05) is 46.3 Å². The Morgan fingerprint density at radius 3 is 2.10 bits per heavy atom. The molecule has 13 nitrogen and oxygen atoms in total. The maximum Gasteiger partial charge on any atom is 0.319 e. The van der Waals surface area contributed by atoms with Crippen molar-refractivity contribution in [3.8, 4) is 0 Å². The van der Waals surface area contributed by atoms with Crippen molar-refractivity contribution >= 4 is 35.6 Å². The Bertz CT molecular complexity index is 1240. The summed E-state index contributed by atoms with van der Waals surface area (Å²) in [5, 5.41) is 10.9. The van der Waals surface area contributed by atoms with Gasteiger partial charge in [-0.2, -0.15) is 0 Å². The van der Waals surface area contributed by atoms with Gasteiger partial charge in [0.1, 0.15) is 12.1 Å². The van der Waals surface area contributed by atoms with Gasteiger partial charge in [0.15, 0.2) is 0 Å². The van der Waals surface area contributed by atoms with E-state index in [1.807, 2.05) is 55.4 Å². The van der Waals surface area contributed by atoms with E-state index in [-0.39, 0.29) is 35.2 Å². The second kappa shape index (κ2) is 16.8. The standard InChI is InChI=1S/C32H53N7O6.C4H10/c1-11-13-33-25(41)20(40)16-34-26(42)23-22-19(32(22,8)9)17-39(23)27(43)24(31(5,6)7)36-28(44)35-21(30(2,3)4)18-38-15-12-14-37(10)29(38)45;1-3-4-2/h11,19,21-24H,1,12-18H2,2-10H3,(H,33,41)(H,34,42)(H2,35,36,44);3-4H2,1-2H3/t19?,21-,22?,23+,24-;/m1./s1. The van der Waals surface area contributed by atoms with E-state index in [4.69, 9.17) is 0 Å². The molecule has 278 valence electrons. The van der Waals surface area contributed by atoms with Crippen LogP contribution in [0.4, 0.5) is 9.59 Å². The lowest BCUT2D eigenvalue weighted by Crippen LogP contribution is -2.62. The zero-order valence-corrected chi connectivity index (χ0v) is 31.8. The molecule has 3 aliphatic rings. The SMILES string of the molecule is C=CCNC(=O)C(=O)CNC(=O)[C@@H]1C2C(CN1C(=O)[C@@H](NC(=O)N[C@H](CN1CCCN(C)C1=O)C(C)(C)C)C(C)(C)C)C2(C)C.CCCC. The first-order valence-corrected chi connectivity index (χ1v) is 17.7. The number of ketones is 1. The molecule has 13 heteroatoms. The highest BCUT2D eigenvalue weighted by Gasteiger charge is 2.69. The summed E-state index contributed by atoms with van der Waals surface area (Å²) in [5.41, 5.74) is -1.27. The molecule has 0 aromatic heterocycles. The lowest BCUT2D eigenvalue weighted by Gasteiger charge is -2.40. The summed E-state index contributed by atoms with van der Waals surface area (Å²) in [6, 6.07) is -2.84. The van der Waals surface area contributed by atoms with E-state index >= 15 is 0 Å². The first-order valence-electron chi connectivity index (χ1n) is 17.7. The molecular formula is C36H63N7O6. The molecule has 1 aliphatic carbocycles. The fraction of sp³-hybridized carbons (Fsp3) is 0.778. The van der Waals surface area contributed by atoms with E-state index in [1.165, 1.54) is 23.8 Å². The van der Waals surface area contributed by atoms with Crippen molar-refractivity contribution in [1.82, 2.24) is 36.0 Å². The largest absolute Gasteiger partial charge is 0.347 e. The first-order chi connectivity index (χ1) is 22.6. The van der Waals surface area contributed by atoms with Crippen LogP contribution in [0.5, 0.6) is 0 Å². The average Bonchev–Trinajstić information content (AvgIpc) is 3.33. The van der Waals surface area contributed by atoms with Gasteiger partial charge in [-0.1, -0.05) is 88.2 Å². The lowest BCUT2D eigenvalue weighted by atomic mass is 9.85. The Morgan fingerprint density at radius 2 is 1.57 bits per heavy atom. The third-order valence-corrected chi connectivity index (χ3v) is 10.0. The summed E-state index contributed by atoms with van der Waals surface area (Å²) in [5.74, 6) is -2.56. The molecule has 2 heterocycles. The monoisotopic (exact) mass is 689 g/mol. The van der Waals surface area contributed by atoms with E-state index in [0.717, 1.165) is 6.42 Å². The van der Waals surface area contributed by atoms with Gasteiger partial charge in [0.25, 0.3) is 5.91 Å². The van der Waals surface area contributed by atoms with E-state index in [2.05, 4.69) is 41.7 Å². The quantitative estimate of drug-likeness (QED) is 0.182. The van der Waals surface area contributed by atoms with Gasteiger partial charge in [0, 0.05) is 39.8 Å². The fourth-order valence-corrected chi connectivity index (χ4v) is 6.43. The number of piperidine rings is 1. The number of carbonyl (C=O) groups excluding carboxylic acids is 6. The molecule has 0 aromatic rings. The molecule has 3 rings (SSSR count). The Balaban J connectivity index is 0.00000197. The molecule has 2 saturated heterocycles. The number of carbonyl (C=O) groups is 6. The number of hydrogen-bond acceptors (Lipinski definition) is 6. The molecule has 2 unspecified atom stereocenters. The van der Waals surface area contributed by atoms with Crippen LogP contribution >= 0.6 is 0 Å². The minimum absolute atomic E-state index is 0.0839. The lowest BCUT2D eigenvalue weighted by molar-refractivity contribution is -0.144. The number of likely N-dealkylation sites (tertiary alicyclic amines) is 1. The zero-order chi connectivity index (χ0) is 37.5. The number of hydrogen-bond donors (Lipinski definition) is 4. The third kappa shape index (κ3) is 10.7. The second-order valence-corrected chi connectivity index (χ2v) is 16.4. The van der Waals surface area contributed by atoms with E-state index in [1.54, 1.807) is 16.8 Å². The minimum atomic E-state index is -0.969. The second-order valence-electron chi connectivity index (χ2n) is 16.4. The van der Waals surface area contributed by atoms with Gasteiger partial charge in [-0.05, 0) is 34.5 Å². The molecule has 0 aromatic carbocycles. The van der Waals surface area contributed by atoms with Crippen LogP contribution in [0.25, 0.3) is 0 Å². The molecule has 1 saturated carbocycles. The predicted octanol–water partition coefficient (Wildman–Crippen LogP) is 3.15. The van der Waals surface area contributed by atoms with Crippen molar-refractivity contribution in [3.05, 3.63) is 12.7 Å². The summed E-state index contributed by atoms with van der Waals surface area (Å²) in [7, 11) is 1.76. The number of amides is 7. The Morgan fingerprint density at radius 1 is 0.959 bits per heavy atom. The van der Waals surface area contributed by atoms with Crippen LogP contribution in [0.1, 0.15) is 88.5 Å². The molecule has 7 amide bonds. The Kier molecular flexibility index (Phi) is 14.3. The number of Topliss-reactive ketones (excluding diaryl/α,β-unsaturated/α-hetero) is 1. The van der Waals surface area contributed by atoms with Crippen LogP contribution < -0.4 is 21.3 Å². The number of nitrogens with zero attached hydrogens (tertiary/aromatic N) is 3. The number of rotatable bonds is 12. The van der Waals surface area contributed by atoms with Crippen molar-refractivity contribution in [2.24, 2.45) is 28.1 Å². The number of urea groups is 2. The average molecular weight is 690 g/mol. The van der Waals surface area contributed by atoms with Crippen molar-refractivity contribution < 1.29 is 28.8 Å². The van der Waals surface area contributed by atoms with Crippen LogP contribution in [-0.2, 0) is 19.2 Å². The van der Waals surface area contributed by atoms with Gasteiger partial charge in [-0.3, -0.25) is 19.2 Å².